The van der Waals surface area contributed by atoms with Gasteiger partial charge in [0, 0.05) is 16.7 Å². The molecule has 5 rings (SSSR count). The summed E-state index contributed by atoms with van der Waals surface area (Å²) < 4.78 is 7.26. The van der Waals surface area contributed by atoms with Gasteiger partial charge in [-0.2, -0.15) is 0 Å². The molecule has 0 aliphatic heterocycles. The summed E-state index contributed by atoms with van der Waals surface area (Å²) in [5.74, 6) is 1.33. The molecule has 0 aliphatic carbocycles. The molecule has 5 nitrogen and oxygen atoms in total. The number of thioether (sulfide) groups is 1. The zero-order chi connectivity index (χ0) is 21.4. The number of hydrogen-bond acceptors (Lipinski definition) is 4. The van der Waals surface area contributed by atoms with Crippen molar-refractivity contribution < 1.29 is 4.74 Å². The average molecular weight is 428 g/mol. The molecule has 2 heterocycles. The molecule has 0 spiro atoms. The highest BCUT2D eigenvalue weighted by Gasteiger charge is 2.19. The monoisotopic (exact) mass is 427 g/mol. The highest BCUT2D eigenvalue weighted by Crippen LogP contribution is 2.31. The lowest BCUT2D eigenvalue weighted by molar-refractivity contribution is 0.411. The van der Waals surface area contributed by atoms with Crippen molar-refractivity contribution in [3.63, 3.8) is 0 Å². The SMILES string of the molecule is COc1ccc(C)cc1-n1c(SCc2ccccc2)nc2c([nH]c3ccccc32)c1=O. The van der Waals surface area contributed by atoms with E-state index in [-0.39, 0.29) is 5.56 Å². The van der Waals surface area contributed by atoms with Gasteiger partial charge in [-0.1, -0.05) is 66.4 Å². The van der Waals surface area contributed by atoms with Gasteiger partial charge in [0.1, 0.15) is 16.8 Å². The quantitative estimate of drug-likeness (QED) is 0.298. The lowest BCUT2D eigenvalue weighted by Crippen LogP contribution is -2.22. The van der Waals surface area contributed by atoms with Crippen molar-refractivity contribution in [3.05, 3.63) is 94.3 Å². The number of ether oxygens (including phenoxy) is 1. The van der Waals surface area contributed by atoms with E-state index in [9.17, 15) is 4.79 Å². The van der Waals surface area contributed by atoms with Gasteiger partial charge in [-0.05, 0) is 36.2 Å². The fourth-order valence-electron chi connectivity index (χ4n) is 3.75. The van der Waals surface area contributed by atoms with Crippen LogP contribution in [-0.4, -0.2) is 21.6 Å². The van der Waals surface area contributed by atoms with E-state index in [2.05, 4.69) is 17.1 Å². The number of aryl methyl sites for hydroxylation is 1. The Kier molecular flexibility index (Phi) is 5.00. The van der Waals surface area contributed by atoms with Crippen molar-refractivity contribution >= 4 is 33.7 Å². The standard InChI is InChI=1S/C25H21N3O2S/c1-16-12-13-21(30-2)20(14-16)28-24(29)23-22(18-10-6-7-11-19(18)26-23)27-25(28)31-15-17-8-4-3-5-9-17/h3-14,26H,15H2,1-2H3. The number of methoxy groups -OCH3 is 1. The van der Waals surface area contributed by atoms with Crippen LogP contribution < -0.4 is 10.3 Å². The van der Waals surface area contributed by atoms with Gasteiger partial charge in [0.05, 0.1) is 12.8 Å². The Bertz CT molecular complexity index is 1450. The number of nitrogens with zero attached hydrogens (tertiary/aromatic N) is 2. The molecular weight excluding hydrogens is 406 g/mol. The zero-order valence-electron chi connectivity index (χ0n) is 17.3. The lowest BCUT2D eigenvalue weighted by Gasteiger charge is -2.15. The van der Waals surface area contributed by atoms with Crippen molar-refractivity contribution in [1.82, 2.24) is 14.5 Å². The molecule has 0 aliphatic rings. The minimum atomic E-state index is -0.138. The second kappa shape index (κ2) is 7.96. The predicted octanol–water partition coefficient (Wildman–Crippen LogP) is 5.48. The molecule has 0 saturated heterocycles. The molecule has 0 unspecified atom stereocenters. The first-order valence-corrected chi connectivity index (χ1v) is 11.0. The van der Waals surface area contributed by atoms with E-state index in [4.69, 9.17) is 9.72 Å². The Morgan fingerprint density at radius 1 is 1.03 bits per heavy atom. The van der Waals surface area contributed by atoms with Crippen molar-refractivity contribution in [2.45, 2.75) is 17.8 Å². The van der Waals surface area contributed by atoms with Gasteiger partial charge in [-0.25, -0.2) is 9.55 Å². The van der Waals surface area contributed by atoms with Crippen LogP contribution in [-0.2, 0) is 5.75 Å². The van der Waals surface area contributed by atoms with Crippen molar-refractivity contribution in [3.8, 4) is 11.4 Å². The second-order valence-electron chi connectivity index (χ2n) is 7.38. The van der Waals surface area contributed by atoms with E-state index in [1.807, 2.05) is 67.6 Å². The third kappa shape index (κ3) is 3.49. The molecule has 154 valence electrons. The molecule has 5 aromatic rings. The van der Waals surface area contributed by atoms with Gasteiger partial charge >= 0.3 is 0 Å². The molecule has 0 saturated carbocycles. The average Bonchev–Trinajstić information content (AvgIpc) is 3.17. The normalized spacial score (nSPS) is 11.3. The van der Waals surface area contributed by atoms with Crippen LogP contribution in [0.4, 0.5) is 0 Å². The number of hydrogen-bond donors (Lipinski definition) is 1. The molecule has 0 bridgehead atoms. The molecular formula is C25H21N3O2S. The number of aromatic amines is 1. The van der Waals surface area contributed by atoms with Gasteiger partial charge in [-0.3, -0.25) is 4.79 Å². The largest absolute Gasteiger partial charge is 0.495 e. The molecule has 31 heavy (non-hydrogen) atoms. The van der Waals surface area contributed by atoms with Crippen LogP contribution in [0.1, 0.15) is 11.1 Å². The van der Waals surface area contributed by atoms with Crippen LogP contribution in [0.15, 0.2) is 82.7 Å². The number of nitrogens with one attached hydrogen (secondary N) is 1. The van der Waals surface area contributed by atoms with E-state index in [0.29, 0.717) is 33.4 Å². The fraction of sp³-hybridized carbons (Fsp3) is 0.120. The van der Waals surface area contributed by atoms with Gasteiger partial charge in [0.15, 0.2) is 5.16 Å². The Balaban J connectivity index is 1.77. The van der Waals surface area contributed by atoms with Crippen LogP contribution in [0.2, 0.25) is 0 Å². The van der Waals surface area contributed by atoms with Gasteiger partial charge in [0.25, 0.3) is 5.56 Å². The number of fused-ring (bicyclic) bond motifs is 3. The van der Waals surface area contributed by atoms with Crippen molar-refractivity contribution in [2.24, 2.45) is 0 Å². The van der Waals surface area contributed by atoms with E-state index in [1.165, 1.54) is 5.56 Å². The Morgan fingerprint density at radius 3 is 2.61 bits per heavy atom. The highest BCUT2D eigenvalue weighted by molar-refractivity contribution is 7.98. The number of aromatic nitrogens is 3. The molecule has 1 N–H and O–H groups in total. The topological polar surface area (TPSA) is 59.9 Å². The fourth-order valence-corrected chi connectivity index (χ4v) is 4.70. The lowest BCUT2D eigenvalue weighted by atomic mass is 10.2. The van der Waals surface area contributed by atoms with Crippen molar-refractivity contribution in [1.29, 1.82) is 0 Å². The number of benzene rings is 3. The minimum absolute atomic E-state index is 0.138. The third-order valence-electron chi connectivity index (χ3n) is 5.28. The second-order valence-corrected chi connectivity index (χ2v) is 8.32. The van der Waals surface area contributed by atoms with E-state index >= 15 is 0 Å². The van der Waals surface area contributed by atoms with Crippen LogP contribution >= 0.6 is 11.8 Å². The maximum Gasteiger partial charge on any atom is 0.283 e. The predicted molar refractivity (Wildman–Crippen MR) is 126 cm³/mol. The summed E-state index contributed by atoms with van der Waals surface area (Å²) in [6.45, 7) is 2.00. The third-order valence-corrected chi connectivity index (χ3v) is 6.29. The first kappa shape index (κ1) is 19.5. The Labute approximate surface area is 183 Å². The zero-order valence-corrected chi connectivity index (χ0v) is 18.1. The summed E-state index contributed by atoms with van der Waals surface area (Å²) in [6, 6.07) is 23.9. The Morgan fingerprint density at radius 2 is 1.81 bits per heavy atom. The summed E-state index contributed by atoms with van der Waals surface area (Å²) >= 11 is 1.54. The molecule has 2 aromatic heterocycles. The van der Waals surface area contributed by atoms with Crippen LogP contribution in [0.3, 0.4) is 0 Å². The summed E-state index contributed by atoms with van der Waals surface area (Å²) in [5.41, 5.74) is 4.85. The molecule has 0 fully saturated rings. The summed E-state index contributed by atoms with van der Waals surface area (Å²) in [6.07, 6.45) is 0. The molecule has 0 atom stereocenters. The van der Waals surface area contributed by atoms with Crippen LogP contribution in [0.5, 0.6) is 5.75 Å². The minimum Gasteiger partial charge on any atom is -0.495 e. The number of H-pyrrole nitrogens is 1. The summed E-state index contributed by atoms with van der Waals surface area (Å²) in [7, 11) is 1.62. The van der Waals surface area contributed by atoms with Gasteiger partial charge in [-0.15, -0.1) is 0 Å². The maximum absolute atomic E-state index is 13.7. The van der Waals surface area contributed by atoms with E-state index < -0.39 is 0 Å². The van der Waals surface area contributed by atoms with Gasteiger partial charge < -0.3 is 9.72 Å². The number of para-hydroxylation sites is 1. The van der Waals surface area contributed by atoms with Crippen LogP contribution in [0.25, 0.3) is 27.6 Å². The molecule has 6 heteroatoms. The van der Waals surface area contributed by atoms with Crippen molar-refractivity contribution in [2.75, 3.05) is 7.11 Å². The Hall–Kier alpha value is -3.51. The first-order valence-electron chi connectivity index (χ1n) is 10.0. The van der Waals surface area contributed by atoms with E-state index in [0.717, 1.165) is 16.5 Å². The van der Waals surface area contributed by atoms with Crippen LogP contribution in [0, 0.1) is 6.92 Å². The maximum atomic E-state index is 13.7. The smallest absolute Gasteiger partial charge is 0.283 e. The first-order chi connectivity index (χ1) is 15.2. The highest BCUT2D eigenvalue weighted by atomic mass is 32.2. The number of rotatable bonds is 5. The molecule has 0 radical (unpaired) electrons. The van der Waals surface area contributed by atoms with E-state index in [1.54, 1.807) is 23.4 Å². The van der Waals surface area contributed by atoms with Gasteiger partial charge in [0.2, 0.25) is 0 Å². The molecule has 3 aromatic carbocycles. The summed E-state index contributed by atoms with van der Waals surface area (Å²) in [5, 5.41) is 1.58. The molecule has 0 amide bonds. The summed E-state index contributed by atoms with van der Waals surface area (Å²) in [4.78, 5) is 22.0.